The smallest absolute Gasteiger partial charge is 0.306 e. The molecule has 27 heteroatoms. The summed E-state index contributed by atoms with van der Waals surface area (Å²) in [5.41, 5.74) is 11.4. The molecule has 20 nitrogen and oxygen atoms in total. The van der Waals surface area contributed by atoms with Crippen molar-refractivity contribution in [2.45, 2.75) is 200 Å². The van der Waals surface area contributed by atoms with Crippen LogP contribution in [0.3, 0.4) is 0 Å². The zero-order valence-corrected chi connectivity index (χ0v) is 72.8. The minimum atomic E-state index is -1.27. The van der Waals surface area contributed by atoms with E-state index in [1.807, 2.05) is 84.1 Å². The molecule has 578 valence electrons. The monoisotopic (exact) mass is 1610 g/mol. The van der Waals surface area contributed by atoms with E-state index in [1.165, 1.54) is 6.35 Å². The first-order valence-corrected chi connectivity index (χ1v) is 54.5. The van der Waals surface area contributed by atoms with Crippen LogP contribution >= 0.6 is 28.4 Å². The molecule has 6 heterocycles. The Morgan fingerprint density at radius 2 is 0.953 bits per heavy atom. The molecular weight excluding hydrogens is 1490 g/mol. The van der Waals surface area contributed by atoms with E-state index in [0.717, 1.165) is 172 Å². The number of carbonyl (C=O) groups excluding carboxylic acids is 2. The van der Waals surface area contributed by atoms with Crippen molar-refractivity contribution in [2.75, 3.05) is 76.4 Å². The number of hydrogen-bond acceptors (Lipinski definition) is 18. The van der Waals surface area contributed by atoms with Crippen molar-refractivity contribution < 1.29 is 38.0 Å². The summed E-state index contributed by atoms with van der Waals surface area (Å²) in [5, 5.41) is 16.7. The van der Waals surface area contributed by atoms with Gasteiger partial charge in [0, 0.05) is 141 Å². The average molecular weight is 1610 g/mol. The fraction of sp³-hybridized carbons (Fsp3) is 0.537. The SMILES string of the molecule is C/C=N/N=BS.CCOC(=O)CC1CCC(c2cc(N(COCC[Si](C)(C)C)COCC[Si](C)(C)C)n3ncc(-c4ccc(-c5ccccc5)nc4)c3n2)CC1.CCOC(=O)CC1CCC(c2nc3c(-c4ccc(-c5ccccc5)nc4)cnn3c(N(COCC[Si](C)(C)C)COCC[Si](C)(C)C)c2Br)CC1. The van der Waals surface area contributed by atoms with Crippen LogP contribution < -0.4 is 9.80 Å². The molecule has 107 heavy (non-hydrogen) atoms. The van der Waals surface area contributed by atoms with Gasteiger partial charge in [0.2, 0.25) is 0 Å². The molecule has 10 rings (SSSR count). The van der Waals surface area contributed by atoms with Gasteiger partial charge in [-0.05, 0) is 129 Å². The van der Waals surface area contributed by atoms with Gasteiger partial charge in [-0.15, -0.1) is 0 Å². The van der Waals surface area contributed by atoms with Crippen molar-refractivity contribution in [3.8, 4) is 44.8 Å². The third-order valence-corrected chi connectivity index (χ3v) is 26.9. The first-order valence-electron chi connectivity index (χ1n) is 38.4. The van der Waals surface area contributed by atoms with Gasteiger partial charge in [0.15, 0.2) is 17.1 Å². The Balaban J connectivity index is 0.000000251. The number of aromatic nitrogens is 8. The standard InChI is InChI=1S/C39H56BrN5O4Si2.C39H57N5O4Si2.C2H5BN2S/c1-8-49-35(46)24-29-14-16-31(17-15-29)37-36(40)39(44(27-47-20-22-50(2,3)4)28-48-21-23-51(5,6)7)45-38(43-37)33(26-42-45)32-18-19-34(41-25-32)30-12-10-9-11-13-30;1-8-48-38(45)24-30-14-16-32(17-15-30)36-25-37(43(28-46-20-22-49(2,3)4)29-47-21-23-50(5,6)7)44-39(42-36)34(27-41-44)33-18-19-35(40-26-33)31-12-10-9-11-13-31;1-2-4-5-3-6/h9-13,18-19,25-26,29,31H,8,14-17,20-24,27-28H2,1-7H3;9-13,18-19,25-27,30,32H,8,14-17,20-24,28-29H2,1-7H3;2,6H,1H3/b;;4-2+. The number of pyridine rings is 2. The Bertz CT molecular complexity index is 4030. The van der Waals surface area contributed by atoms with E-state index in [4.69, 9.17) is 58.6 Å². The largest absolute Gasteiger partial charge is 0.466 e. The average Bonchev–Trinajstić information content (AvgIpc) is 1.65. The van der Waals surface area contributed by atoms with E-state index in [9.17, 15) is 9.59 Å². The Hall–Kier alpha value is -6.41. The molecule has 2 saturated carbocycles. The van der Waals surface area contributed by atoms with Gasteiger partial charge in [0.1, 0.15) is 32.7 Å². The Kier molecular flexibility index (Phi) is 33.9. The van der Waals surface area contributed by atoms with E-state index < -0.39 is 32.3 Å². The summed E-state index contributed by atoms with van der Waals surface area (Å²) < 4.78 is 40.8. The Morgan fingerprint density at radius 1 is 0.542 bits per heavy atom. The van der Waals surface area contributed by atoms with Crippen LogP contribution in [0.4, 0.5) is 11.6 Å². The van der Waals surface area contributed by atoms with Crippen molar-refractivity contribution in [3.63, 3.8) is 0 Å². The van der Waals surface area contributed by atoms with Crippen LogP contribution in [0.5, 0.6) is 0 Å². The minimum Gasteiger partial charge on any atom is -0.466 e. The van der Waals surface area contributed by atoms with Crippen LogP contribution in [-0.2, 0) is 38.0 Å². The fourth-order valence-corrected chi connectivity index (χ4v) is 16.8. The number of fused-ring (bicyclic) bond motifs is 2. The maximum absolute atomic E-state index is 12.3. The molecule has 0 aliphatic heterocycles. The van der Waals surface area contributed by atoms with Gasteiger partial charge in [-0.3, -0.25) is 19.6 Å². The zero-order chi connectivity index (χ0) is 77.2. The molecule has 2 fully saturated rings. The Morgan fingerprint density at radius 3 is 1.34 bits per heavy atom. The number of hydrogen-bond donors (Lipinski definition) is 1. The molecule has 6 aromatic heterocycles. The zero-order valence-electron chi connectivity index (χ0n) is 66.4. The molecule has 2 aliphatic rings. The van der Waals surface area contributed by atoms with Crippen LogP contribution in [0.1, 0.15) is 108 Å². The van der Waals surface area contributed by atoms with E-state index in [-0.39, 0.29) is 23.8 Å². The molecule has 0 spiro atoms. The first kappa shape index (κ1) is 86.2. The van der Waals surface area contributed by atoms with Crippen LogP contribution in [0, 0.1) is 11.8 Å². The molecule has 0 N–H and O–H groups in total. The normalized spacial score (nSPS) is 16.5. The predicted octanol–water partition coefficient (Wildman–Crippen LogP) is 19.7. The maximum atomic E-state index is 12.3. The van der Waals surface area contributed by atoms with E-state index >= 15 is 0 Å². The summed E-state index contributed by atoms with van der Waals surface area (Å²) in [6.45, 7) is 39.3. The van der Waals surface area contributed by atoms with Crippen molar-refractivity contribution in [3.05, 3.63) is 132 Å². The second-order valence-corrected chi connectivity index (χ2v) is 56.4. The van der Waals surface area contributed by atoms with E-state index in [1.54, 1.807) is 13.1 Å². The molecule has 0 unspecified atom stereocenters. The summed E-state index contributed by atoms with van der Waals surface area (Å²) >= 11 is 7.70. The van der Waals surface area contributed by atoms with Crippen LogP contribution in [0.25, 0.3) is 56.1 Å². The van der Waals surface area contributed by atoms with Crippen LogP contribution in [0.15, 0.2) is 130 Å². The van der Waals surface area contributed by atoms with Crippen molar-refractivity contribution >= 4 is 108 Å². The number of esters is 2. The topological polar surface area (TPSA) is 207 Å². The molecule has 0 radical (unpaired) electrons. The number of thiol groups is 1. The van der Waals surface area contributed by atoms with Gasteiger partial charge < -0.3 is 38.2 Å². The third kappa shape index (κ3) is 27.8. The fourth-order valence-electron chi connectivity index (χ4n) is 12.8. The van der Waals surface area contributed by atoms with Gasteiger partial charge in [-0.1, -0.05) is 151 Å². The molecule has 0 atom stereocenters. The number of rotatable bonds is 35. The molecule has 2 aliphatic carbocycles. The second-order valence-electron chi connectivity index (χ2n) is 32.9. The number of anilines is 2. The number of carbonyl (C=O) groups is 2. The van der Waals surface area contributed by atoms with Gasteiger partial charge >= 0.3 is 54.0 Å². The molecule has 8 aromatic rings. The van der Waals surface area contributed by atoms with Gasteiger partial charge in [0.05, 0.1) is 47.2 Å². The second kappa shape index (κ2) is 42.1. The minimum absolute atomic E-state index is 0.0903. The molecule has 0 amide bonds. The van der Waals surface area contributed by atoms with Crippen LogP contribution in [0.2, 0.25) is 103 Å². The van der Waals surface area contributed by atoms with Crippen molar-refractivity contribution in [2.24, 2.45) is 21.9 Å². The van der Waals surface area contributed by atoms with Gasteiger partial charge in [0.25, 0.3) is 0 Å². The predicted molar refractivity (Wildman–Crippen MR) is 455 cm³/mol. The van der Waals surface area contributed by atoms with E-state index in [2.05, 4.69) is 181 Å². The molecular formula is C80H118BBrN12O8SSi4. The number of nitrogens with zero attached hydrogens (tertiary/aromatic N) is 12. The molecule has 0 saturated heterocycles. The van der Waals surface area contributed by atoms with Gasteiger partial charge in [-0.2, -0.15) is 19.2 Å². The summed E-state index contributed by atoms with van der Waals surface area (Å²) in [6.07, 6.45) is 19.2. The van der Waals surface area contributed by atoms with Crippen LogP contribution in [-0.4, -0.2) is 163 Å². The quantitative estimate of drug-likeness (QED) is 0.00745. The van der Waals surface area contributed by atoms with E-state index in [0.29, 0.717) is 78.0 Å². The first-order chi connectivity index (χ1) is 51.1. The molecule has 0 bridgehead atoms. The number of ether oxygens (including phenoxy) is 6. The van der Waals surface area contributed by atoms with Crippen molar-refractivity contribution in [1.82, 2.24) is 39.2 Å². The third-order valence-electron chi connectivity index (χ3n) is 19.2. The van der Waals surface area contributed by atoms with Crippen molar-refractivity contribution in [1.29, 1.82) is 0 Å². The summed E-state index contributed by atoms with van der Waals surface area (Å²) in [7, 11) is -5.04. The molecule has 2 aromatic carbocycles. The number of halogens is 1. The maximum Gasteiger partial charge on any atom is 0.306 e. The summed E-state index contributed by atoms with van der Waals surface area (Å²) in [5.74, 6) is 2.80. The summed E-state index contributed by atoms with van der Waals surface area (Å²) in [4.78, 5) is 49.2. The Labute approximate surface area is 655 Å². The number of benzene rings is 2. The summed E-state index contributed by atoms with van der Waals surface area (Å²) in [6, 6.07) is 35.3. The van der Waals surface area contributed by atoms with Gasteiger partial charge in [-0.25, -0.2) is 9.97 Å².